The molecule has 1 rings (SSSR count). The monoisotopic (exact) mass is 239 g/mol. The lowest BCUT2D eigenvalue weighted by atomic mass is 10.0. The Morgan fingerprint density at radius 1 is 1.65 bits per heavy atom. The number of hydrogen-bond acceptors (Lipinski definition) is 4. The van der Waals surface area contributed by atoms with Crippen LogP contribution in [0.1, 0.15) is 26.1 Å². The van der Waals surface area contributed by atoms with E-state index in [1.165, 1.54) is 7.11 Å². The standard InChI is InChI=1S/C12H21N3O2/c1-5-6-14-12(3,11(16)17-4)9-15-8-7-13-10(15)2/h7-8,14H,5-6,9H2,1-4H3. The molecule has 0 amide bonds. The molecule has 5 heteroatoms. The topological polar surface area (TPSA) is 56.2 Å². The van der Waals surface area contributed by atoms with Crippen LogP contribution >= 0.6 is 0 Å². The van der Waals surface area contributed by atoms with Crippen molar-refractivity contribution in [2.24, 2.45) is 0 Å². The van der Waals surface area contributed by atoms with Crippen LogP contribution in [0.25, 0.3) is 0 Å². The third-order valence-electron chi connectivity index (χ3n) is 2.81. The number of rotatable bonds is 6. The molecular weight excluding hydrogens is 218 g/mol. The molecule has 1 N–H and O–H groups in total. The van der Waals surface area contributed by atoms with Gasteiger partial charge in [-0.05, 0) is 26.8 Å². The van der Waals surface area contributed by atoms with E-state index in [2.05, 4.69) is 17.2 Å². The molecule has 0 saturated carbocycles. The van der Waals surface area contributed by atoms with Crippen molar-refractivity contribution in [3.05, 3.63) is 18.2 Å². The highest BCUT2D eigenvalue weighted by Gasteiger charge is 2.34. The molecule has 0 aromatic carbocycles. The first-order valence-corrected chi connectivity index (χ1v) is 5.84. The van der Waals surface area contributed by atoms with E-state index in [4.69, 9.17) is 4.74 Å². The number of nitrogens with zero attached hydrogens (tertiary/aromatic N) is 2. The third kappa shape index (κ3) is 3.30. The maximum absolute atomic E-state index is 11.9. The molecule has 0 aliphatic rings. The molecule has 0 radical (unpaired) electrons. The second-order valence-electron chi connectivity index (χ2n) is 4.35. The summed E-state index contributed by atoms with van der Waals surface area (Å²) in [5.74, 6) is 0.637. The lowest BCUT2D eigenvalue weighted by molar-refractivity contribution is -0.148. The van der Waals surface area contributed by atoms with E-state index in [0.29, 0.717) is 6.54 Å². The van der Waals surface area contributed by atoms with Crippen LogP contribution in [0.15, 0.2) is 12.4 Å². The van der Waals surface area contributed by atoms with Crippen LogP contribution in [-0.2, 0) is 16.1 Å². The lowest BCUT2D eigenvalue weighted by Gasteiger charge is -2.28. The van der Waals surface area contributed by atoms with E-state index in [0.717, 1.165) is 18.8 Å². The first-order chi connectivity index (χ1) is 8.03. The minimum atomic E-state index is -0.712. The van der Waals surface area contributed by atoms with Gasteiger partial charge < -0.3 is 14.6 Å². The number of esters is 1. The van der Waals surface area contributed by atoms with Crippen LogP contribution in [0.2, 0.25) is 0 Å². The minimum absolute atomic E-state index is 0.251. The van der Waals surface area contributed by atoms with Gasteiger partial charge >= 0.3 is 5.97 Å². The Bertz CT molecular complexity index is 376. The fourth-order valence-electron chi connectivity index (χ4n) is 1.73. The molecule has 96 valence electrons. The molecule has 0 aliphatic heterocycles. The largest absolute Gasteiger partial charge is 0.468 e. The van der Waals surface area contributed by atoms with Gasteiger partial charge in [-0.3, -0.25) is 0 Å². The molecule has 0 aliphatic carbocycles. The van der Waals surface area contributed by atoms with Crippen molar-refractivity contribution in [1.29, 1.82) is 0 Å². The first-order valence-electron chi connectivity index (χ1n) is 5.84. The molecular formula is C12H21N3O2. The van der Waals surface area contributed by atoms with Crippen molar-refractivity contribution >= 4 is 5.97 Å². The molecule has 0 spiro atoms. The van der Waals surface area contributed by atoms with Crippen molar-refractivity contribution in [2.45, 2.75) is 39.3 Å². The van der Waals surface area contributed by atoms with Crippen LogP contribution in [0, 0.1) is 6.92 Å². The molecule has 0 saturated heterocycles. The fourth-order valence-corrected chi connectivity index (χ4v) is 1.73. The Labute approximate surface area is 102 Å². The number of aromatic nitrogens is 2. The van der Waals surface area contributed by atoms with Crippen molar-refractivity contribution in [1.82, 2.24) is 14.9 Å². The SMILES string of the molecule is CCCNC(C)(Cn1ccnc1C)C(=O)OC. The number of carbonyl (C=O) groups excluding carboxylic acids is 1. The second-order valence-corrected chi connectivity index (χ2v) is 4.35. The molecule has 17 heavy (non-hydrogen) atoms. The lowest BCUT2D eigenvalue weighted by Crippen LogP contribution is -2.53. The van der Waals surface area contributed by atoms with E-state index in [9.17, 15) is 4.79 Å². The molecule has 1 aromatic rings. The van der Waals surface area contributed by atoms with Crippen LogP contribution in [-0.4, -0.2) is 34.7 Å². The van der Waals surface area contributed by atoms with E-state index in [1.807, 2.05) is 24.6 Å². The number of carbonyl (C=O) groups is 1. The molecule has 1 unspecified atom stereocenters. The van der Waals surface area contributed by atoms with Crippen molar-refractivity contribution in [2.75, 3.05) is 13.7 Å². The van der Waals surface area contributed by atoms with Crippen LogP contribution in [0.5, 0.6) is 0 Å². The summed E-state index contributed by atoms with van der Waals surface area (Å²) in [5, 5.41) is 3.24. The fraction of sp³-hybridized carbons (Fsp3) is 0.667. The predicted octanol–water partition coefficient (Wildman–Crippen LogP) is 1.12. The average molecular weight is 239 g/mol. The molecule has 0 bridgehead atoms. The maximum Gasteiger partial charge on any atom is 0.327 e. The summed E-state index contributed by atoms with van der Waals surface area (Å²) >= 11 is 0. The summed E-state index contributed by atoms with van der Waals surface area (Å²) < 4.78 is 6.81. The molecule has 1 atom stereocenters. The number of nitrogens with one attached hydrogen (secondary N) is 1. The minimum Gasteiger partial charge on any atom is -0.468 e. The maximum atomic E-state index is 11.9. The van der Waals surface area contributed by atoms with Gasteiger partial charge in [-0.2, -0.15) is 0 Å². The molecule has 5 nitrogen and oxygen atoms in total. The highest BCUT2D eigenvalue weighted by molar-refractivity contribution is 5.80. The zero-order valence-corrected chi connectivity index (χ0v) is 11.0. The van der Waals surface area contributed by atoms with Crippen molar-refractivity contribution < 1.29 is 9.53 Å². The summed E-state index contributed by atoms with van der Waals surface area (Å²) in [6.45, 7) is 7.13. The van der Waals surface area contributed by atoms with Gasteiger partial charge in [0, 0.05) is 12.4 Å². The Morgan fingerprint density at radius 2 is 2.35 bits per heavy atom. The summed E-state index contributed by atoms with van der Waals surface area (Å²) in [7, 11) is 1.41. The van der Waals surface area contributed by atoms with Gasteiger partial charge in [-0.25, -0.2) is 9.78 Å². The zero-order chi connectivity index (χ0) is 12.9. The predicted molar refractivity (Wildman–Crippen MR) is 65.7 cm³/mol. The van der Waals surface area contributed by atoms with Crippen LogP contribution < -0.4 is 5.32 Å². The third-order valence-corrected chi connectivity index (χ3v) is 2.81. The number of hydrogen-bond donors (Lipinski definition) is 1. The Hall–Kier alpha value is -1.36. The summed E-state index contributed by atoms with van der Waals surface area (Å²) in [4.78, 5) is 16.0. The molecule has 1 heterocycles. The van der Waals surface area contributed by atoms with Gasteiger partial charge in [-0.1, -0.05) is 6.92 Å². The Morgan fingerprint density at radius 3 is 2.82 bits per heavy atom. The number of ether oxygens (including phenoxy) is 1. The van der Waals surface area contributed by atoms with E-state index >= 15 is 0 Å². The normalized spacial score (nSPS) is 14.4. The molecule has 0 fully saturated rings. The van der Waals surface area contributed by atoms with Gasteiger partial charge in [0.1, 0.15) is 11.4 Å². The smallest absolute Gasteiger partial charge is 0.327 e. The van der Waals surface area contributed by atoms with Crippen LogP contribution in [0.3, 0.4) is 0 Å². The quantitative estimate of drug-likeness (QED) is 0.756. The number of imidazole rings is 1. The number of methoxy groups -OCH3 is 1. The van der Waals surface area contributed by atoms with E-state index < -0.39 is 5.54 Å². The Kier molecular flexibility index (Phi) is 4.69. The van der Waals surface area contributed by atoms with Crippen LogP contribution in [0.4, 0.5) is 0 Å². The van der Waals surface area contributed by atoms with E-state index in [-0.39, 0.29) is 5.97 Å². The second kappa shape index (κ2) is 5.82. The van der Waals surface area contributed by atoms with Gasteiger partial charge in [0.25, 0.3) is 0 Å². The van der Waals surface area contributed by atoms with E-state index in [1.54, 1.807) is 6.20 Å². The van der Waals surface area contributed by atoms with Gasteiger partial charge in [0.05, 0.1) is 13.7 Å². The highest BCUT2D eigenvalue weighted by Crippen LogP contribution is 2.12. The summed E-state index contributed by atoms with van der Waals surface area (Å²) in [6.07, 6.45) is 4.56. The summed E-state index contributed by atoms with van der Waals surface area (Å²) in [6, 6.07) is 0. The Balaban J connectivity index is 2.83. The zero-order valence-electron chi connectivity index (χ0n) is 11.0. The van der Waals surface area contributed by atoms with Crippen molar-refractivity contribution in [3.8, 4) is 0 Å². The van der Waals surface area contributed by atoms with Gasteiger partial charge in [0.15, 0.2) is 0 Å². The average Bonchev–Trinajstić information content (AvgIpc) is 2.71. The van der Waals surface area contributed by atoms with Crippen molar-refractivity contribution in [3.63, 3.8) is 0 Å². The highest BCUT2D eigenvalue weighted by atomic mass is 16.5. The number of aryl methyl sites for hydroxylation is 1. The van der Waals surface area contributed by atoms with Gasteiger partial charge in [0.2, 0.25) is 0 Å². The first kappa shape index (κ1) is 13.7. The molecule has 1 aromatic heterocycles. The van der Waals surface area contributed by atoms with Gasteiger partial charge in [-0.15, -0.1) is 0 Å². The summed E-state index contributed by atoms with van der Waals surface area (Å²) in [5.41, 5.74) is -0.712.